The van der Waals surface area contributed by atoms with E-state index in [0.717, 1.165) is 6.07 Å². The summed E-state index contributed by atoms with van der Waals surface area (Å²) in [7, 11) is 1.29. The van der Waals surface area contributed by atoms with E-state index in [1.54, 1.807) is 0 Å². The van der Waals surface area contributed by atoms with Gasteiger partial charge < -0.3 is 15.2 Å². The van der Waals surface area contributed by atoms with E-state index in [0.29, 0.717) is 17.5 Å². The van der Waals surface area contributed by atoms with Gasteiger partial charge in [-0.2, -0.15) is 11.8 Å². The molecule has 0 aliphatic heterocycles. The van der Waals surface area contributed by atoms with Gasteiger partial charge in [-0.05, 0) is 36.6 Å². The van der Waals surface area contributed by atoms with Gasteiger partial charge in [0.05, 0.1) is 12.4 Å². The van der Waals surface area contributed by atoms with Gasteiger partial charge in [-0.1, -0.05) is 11.8 Å². The summed E-state index contributed by atoms with van der Waals surface area (Å²) < 4.78 is 18.7. The summed E-state index contributed by atoms with van der Waals surface area (Å²) in [6, 6.07) is 2.51. The molecule has 1 aromatic carbocycles. The van der Waals surface area contributed by atoms with Gasteiger partial charge in [0.2, 0.25) is 5.91 Å². The second kappa shape index (κ2) is 11.7. The number of carbonyl (C=O) groups excluding carboxylic acids is 3. The molecule has 1 unspecified atom stereocenters. The topological polar surface area (TPSA) is 110 Å². The Morgan fingerprint density at radius 1 is 1.29 bits per heavy atom. The first-order valence-corrected chi connectivity index (χ1v) is 10.5. The Balaban J connectivity index is 2.93. The van der Waals surface area contributed by atoms with Gasteiger partial charge in [0, 0.05) is 18.9 Å². The maximum Gasteiger partial charge on any atom is 0.326 e. The third-order valence-corrected chi connectivity index (χ3v) is 5.29. The van der Waals surface area contributed by atoms with Crippen LogP contribution >= 0.6 is 23.5 Å². The number of benzene rings is 1. The van der Waals surface area contributed by atoms with Crippen molar-refractivity contribution < 1.29 is 33.4 Å². The highest BCUT2D eigenvalue weighted by molar-refractivity contribution is 8.14. The molecule has 7 nitrogen and oxygen atoms in total. The fourth-order valence-corrected chi connectivity index (χ4v) is 3.66. The lowest BCUT2D eigenvalue weighted by Gasteiger charge is -2.17. The Bertz CT molecular complexity index is 743. The van der Waals surface area contributed by atoms with E-state index in [9.17, 15) is 28.7 Å². The van der Waals surface area contributed by atoms with Crippen LogP contribution in [0.2, 0.25) is 0 Å². The second-order valence-electron chi connectivity index (χ2n) is 5.76. The van der Waals surface area contributed by atoms with Gasteiger partial charge >= 0.3 is 5.97 Å². The normalized spacial score (nSPS) is 12.7. The number of aliphatic carboxylic acids is 1. The fraction of sp³-hybridized carbons (Fsp3) is 0.444. The van der Waals surface area contributed by atoms with E-state index in [2.05, 4.69) is 5.32 Å². The van der Waals surface area contributed by atoms with Crippen LogP contribution < -0.4 is 10.1 Å². The van der Waals surface area contributed by atoms with Crippen molar-refractivity contribution in [2.24, 2.45) is 0 Å². The highest BCUT2D eigenvalue weighted by atomic mass is 32.2. The Morgan fingerprint density at radius 2 is 1.96 bits per heavy atom. The standard InChI is InChI=1S/C18H22FNO6S2/c1-10(21)28-15(9-16(22)20-13(18(24)25)6-7-27-3)17(23)11-4-5-14(26-2)12(19)8-11/h4-5,8,13,15H,6-7,9H2,1-3H3,(H,20,22)(H,24,25)/t13-,15?/m0/s1. The number of carboxylic acid groups (broad SMARTS) is 1. The lowest BCUT2D eigenvalue weighted by Crippen LogP contribution is -2.42. The molecule has 28 heavy (non-hydrogen) atoms. The summed E-state index contributed by atoms with van der Waals surface area (Å²) in [5.74, 6) is -2.70. The second-order valence-corrected chi connectivity index (χ2v) is 8.12. The number of nitrogens with one attached hydrogen (secondary N) is 1. The van der Waals surface area contributed by atoms with Crippen molar-refractivity contribution in [1.29, 1.82) is 0 Å². The summed E-state index contributed by atoms with van der Waals surface area (Å²) in [6.45, 7) is 1.25. The average molecular weight is 432 g/mol. The van der Waals surface area contributed by atoms with Gasteiger partial charge in [0.1, 0.15) is 6.04 Å². The summed E-state index contributed by atoms with van der Waals surface area (Å²) in [4.78, 5) is 47.7. The first-order chi connectivity index (χ1) is 13.2. The zero-order valence-corrected chi connectivity index (χ0v) is 17.3. The number of carbonyl (C=O) groups is 4. The zero-order chi connectivity index (χ0) is 21.3. The summed E-state index contributed by atoms with van der Waals surface area (Å²) in [5.41, 5.74) is -0.0120. The average Bonchev–Trinajstić information content (AvgIpc) is 2.63. The molecule has 0 saturated heterocycles. The van der Waals surface area contributed by atoms with E-state index < -0.39 is 46.3 Å². The molecule has 2 N–H and O–H groups in total. The third kappa shape index (κ3) is 7.51. The first-order valence-electron chi connectivity index (χ1n) is 8.25. The molecule has 0 heterocycles. The molecule has 0 radical (unpaired) electrons. The Labute approximate surface area is 170 Å². The molecule has 2 atom stereocenters. The maximum atomic E-state index is 13.9. The van der Waals surface area contributed by atoms with Crippen molar-refractivity contribution in [3.63, 3.8) is 0 Å². The molecule has 1 amide bonds. The molecule has 154 valence electrons. The lowest BCUT2D eigenvalue weighted by molar-refractivity contribution is -0.141. The highest BCUT2D eigenvalue weighted by Gasteiger charge is 2.28. The quantitative estimate of drug-likeness (QED) is 0.514. The van der Waals surface area contributed by atoms with E-state index in [1.807, 2.05) is 6.26 Å². The van der Waals surface area contributed by atoms with Crippen molar-refractivity contribution >= 4 is 46.3 Å². The number of Topliss-reactive ketones (excluding diaryl/α,β-unsaturated/α-hetero) is 1. The van der Waals surface area contributed by atoms with Crippen molar-refractivity contribution in [1.82, 2.24) is 5.32 Å². The number of rotatable bonds is 11. The van der Waals surface area contributed by atoms with Crippen LogP contribution in [0.1, 0.15) is 30.1 Å². The third-order valence-electron chi connectivity index (χ3n) is 3.65. The van der Waals surface area contributed by atoms with Crippen molar-refractivity contribution in [2.75, 3.05) is 19.1 Å². The Morgan fingerprint density at radius 3 is 2.46 bits per heavy atom. The highest BCUT2D eigenvalue weighted by Crippen LogP contribution is 2.24. The predicted octanol–water partition coefficient (Wildman–Crippen LogP) is 2.38. The number of carboxylic acids is 1. The van der Waals surface area contributed by atoms with Gasteiger partial charge in [-0.15, -0.1) is 0 Å². The molecular weight excluding hydrogens is 409 g/mol. The van der Waals surface area contributed by atoms with Gasteiger partial charge in [-0.3, -0.25) is 14.4 Å². The number of halogens is 1. The SMILES string of the molecule is COc1ccc(C(=O)C(CC(=O)N[C@@H](CCSC)C(=O)O)SC(C)=O)cc1F. The summed E-state index contributed by atoms with van der Waals surface area (Å²) in [6.07, 6.45) is 1.64. The fourth-order valence-electron chi connectivity index (χ4n) is 2.31. The van der Waals surface area contributed by atoms with Crippen molar-refractivity contribution in [3.05, 3.63) is 29.6 Å². The van der Waals surface area contributed by atoms with E-state index in [4.69, 9.17) is 4.74 Å². The van der Waals surface area contributed by atoms with Crippen LogP contribution in [0.3, 0.4) is 0 Å². The largest absolute Gasteiger partial charge is 0.494 e. The number of ketones is 1. The first kappa shape index (κ1) is 24.0. The van der Waals surface area contributed by atoms with E-state index >= 15 is 0 Å². The number of hydrogen-bond acceptors (Lipinski definition) is 7. The summed E-state index contributed by atoms with van der Waals surface area (Å²) >= 11 is 2.09. The number of thioether (sulfide) groups is 2. The van der Waals surface area contributed by atoms with Crippen LogP contribution in [0, 0.1) is 5.82 Å². The van der Waals surface area contributed by atoms with Gasteiger partial charge in [-0.25, -0.2) is 9.18 Å². The molecule has 0 saturated carbocycles. The smallest absolute Gasteiger partial charge is 0.326 e. The number of hydrogen-bond donors (Lipinski definition) is 2. The summed E-state index contributed by atoms with van der Waals surface area (Å²) in [5, 5.41) is 10.1. The van der Waals surface area contributed by atoms with Gasteiger partial charge in [0.25, 0.3) is 0 Å². The number of methoxy groups -OCH3 is 1. The van der Waals surface area contributed by atoms with Crippen molar-refractivity contribution in [2.45, 2.75) is 31.1 Å². The predicted molar refractivity (Wildman–Crippen MR) is 107 cm³/mol. The molecule has 0 bridgehead atoms. The minimum Gasteiger partial charge on any atom is -0.494 e. The molecular formula is C18H22FNO6S2. The molecule has 0 fully saturated rings. The number of ether oxygens (including phenoxy) is 1. The maximum absolute atomic E-state index is 13.9. The Hall–Kier alpha value is -2.07. The minimum absolute atomic E-state index is 0.0120. The monoisotopic (exact) mass is 431 g/mol. The van der Waals surface area contributed by atoms with Gasteiger partial charge in [0.15, 0.2) is 22.5 Å². The lowest BCUT2D eigenvalue weighted by atomic mass is 10.0. The molecule has 1 rings (SSSR count). The van der Waals surface area contributed by atoms with Crippen LogP contribution in [-0.4, -0.2) is 58.3 Å². The van der Waals surface area contributed by atoms with Crippen LogP contribution in [0.4, 0.5) is 4.39 Å². The molecule has 0 spiro atoms. The van der Waals surface area contributed by atoms with Crippen LogP contribution in [0.15, 0.2) is 18.2 Å². The minimum atomic E-state index is -1.18. The van der Waals surface area contributed by atoms with Crippen molar-refractivity contribution in [3.8, 4) is 5.75 Å². The molecule has 10 heteroatoms. The van der Waals surface area contributed by atoms with Crippen LogP contribution in [0.25, 0.3) is 0 Å². The van der Waals surface area contributed by atoms with Crippen LogP contribution in [-0.2, 0) is 14.4 Å². The molecule has 0 aromatic heterocycles. The molecule has 0 aliphatic carbocycles. The Kier molecular flexibility index (Phi) is 10.0. The van der Waals surface area contributed by atoms with Crippen LogP contribution in [0.5, 0.6) is 5.75 Å². The zero-order valence-electron chi connectivity index (χ0n) is 15.7. The van der Waals surface area contributed by atoms with E-state index in [-0.39, 0.29) is 17.7 Å². The molecule has 0 aliphatic rings. The number of amides is 1. The van der Waals surface area contributed by atoms with E-state index in [1.165, 1.54) is 37.9 Å². The molecule has 1 aromatic rings.